The number of hydrogen-bond donors (Lipinski definition) is 0. The van der Waals surface area contributed by atoms with Crippen molar-refractivity contribution >= 4 is 5.91 Å². The summed E-state index contributed by atoms with van der Waals surface area (Å²) in [6, 6.07) is 10.4. The topological polar surface area (TPSA) is 99.8 Å². The van der Waals surface area contributed by atoms with E-state index in [1.165, 1.54) is 0 Å². The molecule has 0 N–H and O–H groups in total. The van der Waals surface area contributed by atoms with E-state index in [-0.39, 0.29) is 25.3 Å². The number of fused-ring (bicyclic) bond motifs is 1. The van der Waals surface area contributed by atoms with Gasteiger partial charge in [0.05, 0.1) is 0 Å². The molecule has 1 fully saturated rings. The molecule has 0 radical (unpaired) electrons. The first kappa shape index (κ1) is 17.5. The lowest BCUT2D eigenvalue weighted by molar-refractivity contribution is -0.134. The maximum Gasteiger partial charge on any atom is 0.266 e. The molecule has 4 heterocycles. The van der Waals surface area contributed by atoms with Gasteiger partial charge in [0.1, 0.15) is 17.5 Å². The van der Waals surface area contributed by atoms with Crippen molar-refractivity contribution in [3.8, 4) is 28.8 Å². The van der Waals surface area contributed by atoms with Crippen LogP contribution in [0.1, 0.15) is 24.8 Å². The molecular weight excluding hydrogens is 376 g/mol. The summed E-state index contributed by atoms with van der Waals surface area (Å²) in [5.41, 5.74) is 0.605. The van der Waals surface area contributed by atoms with E-state index in [1.54, 1.807) is 35.4 Å². The normalized spacial score (nSPS) is 17.5. The van der Waals surface area contributed by atoms with E-state index in [0.717, 1.165) is 12.8 Å². The van der Waals surface area contributed by atoms with Crippen molar-refractivity contribution in [3.63, 3.8) is 0 Å². The Balaban J connectivity index is 1.26. The number of hydrogen-bond acceptors (Lipinski definition) is 8. The van der Waals surface area contributed by atoms with Crippen molar-refractivity contribution < 1.29 is 23.4 Å². The number of pyridine rings is 1. The van der Waals surface area contributed by atoms with Gasteiger partial charge in [-0.2, -0.15) is 0 Å². The minimum atomic E-state index is -0.257. The minimum Gasteiger partial charge on any atom is -0.484 e. The molecule has 0 spiro atoms. The van der Waals surface area contributed by atoms with E-state index in [2.05, 4.69) is 15.2 Å². The van der Waals surface area contributed by atoms with Crippen LogP contribution in [-0.2, 0) is 4.79 Å². The van der Waals surface area contributed by atoms with Gasteiger partial charge in [-0.1, -0.05) is 6.07 Å². The summed E-state index contributed by atoms with van der Waals surface area (Å²) >= 11 is 0. The Hall–Kier alpha value is -3.62. The monoisotopic (exact) mass is 394 g/mol. The second kappa shape index (κ2) is 7.42. The smallest absolute Gasteiger partial charge is 0.266 e. The van der Waals surface area contributed by atoms with Crippen molar-refractivity contribution in [1.82, 2.24) is 20.1 Å². The molecule has 0 bridgehead atoms. The summed E-state index contributed by atoms with van der Waals surface area (Å²) in [6.45, 7) is 0.727. The number of ether oxygens (including phenoxy) is 3. The average molecular weight is 394 g/mol. The van der Waals surface area contributed by atoms with Crippen LogP contribution in [-0.4, -0.2) is 45.9 Å². The molecule has 3 aromatic rings. The number of rotatable bonds is 5. The lowest BCUT2D eigenvalue weighted by Gasteiger charge is -2.22. The Kier molecular flexibility index (Phi) is 4.47. The molecule has 0 unspecified atom stereocenters. The van der Waals surface area contributed by atoms with E-state index in [0.29, 0.717) is 41.3 Å². The highest BCUT2D eigenvalue weighted by molar-refractivity contribution is 5.78. The van der Waals surface area contributed by atoms with E-state index in [4.69, 9.17) is 18.6 Å². The van der Waals surface area contributed by atoms with Gasteiger partial charge in [0.25, 0.3) is 11.8 Å². The molecule has 1 atom stereocenters. The second-order valence-corrected chi connectivity index (χ2v) is 6.71. The van der Waals surface area contributed by atoms with Crippen molar-refractivity contribution in [2.24, 2.45) is 0 Å². The van der Waals surface area contributed by atoms with Crippen LogP contribution < -0.4 is 14.2 Å². The van der Waals surface area contributed by atoms with Gasteiger partial charge in [0.2, 0.25) is 12.7 Å². The van der Waals surface area contributed by atoms with Crippen molar-refractivity contribution in [2.75, 3.05) is 19.9 Å². The first-order valence-corrected chi connectivity index (χ1v) is 9.35. The molecule has 0 saturated carbocycles. The quantitative estimate of drug-likeness (QED) is 0.651. The summed E-state index contributed by atoms with van der Waals surface area (Å²) in [5, 5.41) is 8.22. The summed E-state index contributed by atoms with van der Waals surface area (Å²) in [4.78, 5) is 18.7. The largest absolute Gasteiger partial charge is 0.484 e. The van der Waals surface area contributed by atoms with Crippen LogP contribution >= 0.6 is 0 Å². The number of carbonyl (C=O) groups is 1. The molecule has 1 aromatic carbocycles. The van der Waals surface area contributed by atoms with Gasteiger partial charge in [0, 0.05) is 18.8 Å². The average Bonchev–Trinajstić information content (AvgIpc) is 3.52. The van der Waals surface area contributed by atoms with Crippen LogP contribution in [0.15, 0.2) is 47.0 Å². The maximum absolute atomic E-state index is 12.8. The first-order valence-electron chi connectivity index (χ1n) is 9.35. The molecule has 2 aromatic heterocycles. The Labute approximate surface area is 166 Å². The van der Waals surface area contributed by atoms with Crippen LogP contribution in [0.2, 0.25) is 0 Å². The molecule has 2 aliphatic rings. The van der Waals surface area contributed by atoms with Crippen molar-refractivity contribution in [1.29, 1.82) is 0 Å². The van der Waals surface area contributed by atoms with Crippen LogP contribution in [0.3, 0.4) is 0 Å². The van der Waals surface area contributed by atoms with Gasteiger partial charge in [-0.25, -0.2) is 0 Å². The predicted octanol–water partition coefficient (Wildman–Crippen LogP) is 2.60. The number of carbonyl (C=O) groups excluding carboxylic acids is 1. The minimum absolute atomic E-state index is 0.0859. The van der Waals surface area contributed by atoms with E-state index in [9.17, 15) is 4.79 Å². The van der Waals surface area contributed by atoms with Gasteiger partial charge in [-0.3, -0.25) is 9.78 Å². The summed E-state index contributed by atoms with van der Waals surface area (Å²) in [5.74, 6) is 2.46. The Bertz CT molecular complexity index is 1020. The van der Waals surface area contributed by atoms with Crippen molar-refractivity contribution in [3.05, 3.63) is 48.5 Å². The standard InChI is InChI=1S/C20H18N4O5/c25-18(11-26-13-6-7-16-17(10-13)28-12-27-16)24-9-3-5-15(24)20-23-22-19(29-20)14-4-1-2-8-21-14/h1-2,4,6-8,10,15H,3,5,9,11-12H2/t15-/m0/s1. The highest BCUT2D eigenvalue weighted by Gasteiger charge is 2.34. The molecule has 9 nitrogen and oxygen atoms in total. The number of nitrogens with zero attached hydrogens (tertiary/aromatic N) is 4. The third-order valence-corrected chi connectivity index (χ3v) is 4.89. The SMILES string of the molecule is O=C(COc1ccc2c(c1)OCO2)N1CCC[C@H]1c1nnc(-c2ccccn2)o1. The third kappa shape index (κ3) is 3.46. The van der Waals surface area contributed by atoms with E-state index < -0.39 is 0 Å². The molecule has 148 valence electrons. The zero-order chi connectivity index (χ0) is 19.6. The zero-order valence-electron chi connectivity index (χ0n) is 15.5. The van der Waals surface area contributed by atoms with E-state index >= 15 is 0 Å². The highest BCUT2D eigenvalue weighted by atomic mass is 16.7. The maximum atomic E-state index is 12.8. The second-order valence-electron chi connectivity index (χ2n) is 6.71. The summed E-state index contributed by atoms with van der Waals surface area (Å²) in [7, 11) is 0. The molecule has 5 rings (SSSR count). The number of amides is 1. The highest BCUT2D eigenvalue weighted by Crippen LogP contribution is 2.35. The number of aromatic nitrogens is 3. The van der Waals surface area contributed by atoms with Crippen molar-refractivity contribution in [2.45, 2.75) is 18.9 Å². The predicted molar refractivity (Wildman–Crippen MR) is 99.3 cm³/mol. The lowest BCUT2D eigenvalue weighted by atomic mass is 10.2. The molecule has 2 aliphatic heterocycles. The van der Waals surface area contributed by atoms with Gasteiger partial charge >= 0.3 is 0 Å². The fourth-order valence-corrected chi connectivity index (χ4v) is 3.48. The van der Waals surface area contributed by atoms with Gasteiger partial charge in [-0.05, 0) is 37.1 Å². The molecule has 9 heteroatoms. The van der Waals surface area contributed by atoms with Gasteiger partial charge < -0.3 is 23.5 Å². The molecule has 0 aliphatic carbocycles. The van der Waals surface area contributed by atoms with Crippen LogP contribution in [0.25, 0.3) is 11.6 Å². The number of likely N-dealkylation sites (tertiary alicyclic amines) is 1. The summed E-state index contributed by atoms with van der Waals surface area (Å²) in [6.07, 6.45) is 3.29. The fourth-order valence-electron chi connectivity index (χ4n) is 3.48. The first-order chi connectivity index (χ1) is 14.3. The zero-order valence-corrected chi connectivity index (χ0v) is 15.5. The fraction of sp³-hybridized carbons (Fsp3) is 0.300. The Morgan fingerprint density at radius 1 is 1.17 bits per heavy atom. The molecule has 1 saturated heterocycles. The Morgan fingerprint density at radius 2 is 2.10 bits per heavy atom. The van der Waals surface area contributed by atoms with Crippen LogP contribution in [0, 0.1) is 0 Å². The molecule has 1 amide bonds. The Morgan fingerprint density at radius 3 is 3.00 bits per heavy atom. The van der Waals surface area contributed by atoms with Crippen LogP contribution in [0.4, 0.5) is 0 Å². The van der Waals surface area contributed by atoms with Crippen LogP contribution in [0.5, 0.6) is 17.2 Å². The lowest BCUT2D eigenvalue weighted by Crippen LogP contribution is -2.34. The molecule has 29 heavy (non-hydrogen) atoms. The number of benzene rings is 1. The van der Waals surface area contributed by atoms with Gasteiger partial charge in [-0.15, -0.1) is 10.2 Å². The van der Waals surface area contributed by atoms with E-state index in [1.807, 2.05) is 12.1 Å². The summed E-state index contributed by atoms with van der Waals surface area (Å²) < 4.78 is 22.1. The molecular formula is C20H18N4O5. The third-order valence-electron chi connectivity index (χ3n) is 4.89. The van der Waals surface area contributed by atoms with Gasteiger partial charge in [0.15, 0.2) is 18.1 Å².